The van der Waals surface area contributed by atoms with Gasteiger partial charge in [0.15, 0.2) is 11.6 Å². The Balaban J connectivity index is 0.00000323. The molecule has 1 aliphatic carbocycles. The van der Waals surface area contributed by atoms with E-state index in [9.17, 15) is 14.4 Å². The fourth-order valence-electron chi connectivity index (χ4n) is 5.70. The average Bonchev–Trinajstić information content (AvgIpc) is 2.99. The van der Waals surface area contributed by atoms with Crippen LogP contribution in [0.25, 0.3) is 10.8 Å². The summed E-state index contributed by atoms with van der Waals surface area (Å²) in [6.07, 6.45) is 1.88. The van der Waals surface area contributed by atoms with Crippen molar-refractivity contribution in [3.05, 3.63) is 113 Å². The number of halogens is 1. The second-order valence-corrected chi connectivity index (χ2v) is 10.3. The molecular weight excluding hydrogens is 522 g/mol. The van der Waals surface area contributed by atoms with Gasteiger partial charge in [-0.25, -0.2) is 0 Å². The van der Waals surface area contributed by atoms with Crippen molar-refractivity contribution in [2.45, 2.75) is 12.8 Å². The largest absolute Gasteiger partial charge is 0.368 e. The smallest absolute Gasteiger partial charge is 0.251 e. The van der Waals surface area contributed by atoms with Gasteiger partial charge in [0.25, 0.3) is 5.91 Å². The van der Waals surface area contributed by atoms with Crippen molar-refractivity contribution in [1.29, 1.82) is 0 Å². The lowest BCUT2D eigenvalue weighted by atomic mass is 9.83. The first kappa shape index (κ1) is 27.6. The SMILES string of the molecule is Cl.O=C(NCCCCN1CCN(c2cccc3ccccc23)CC1)c1ccc2c(c1)C(=O)c1ccccc1C2=O. The molecule has 6 rings (SSSR count). The summed E-state index contributed by atoms with van der Waals surface area (Å²) in [5.74, 6) is -0.610. The Hall–Kier alpha value is -4.00. The highest BCUT2D eigenvalue weighted by Gasteiger charge is 2.30. The molecule has 0 unspecified atom stereocenters. The molecule has 0 saturated carbocycles. The molecule has 1 amide bonds. The molecule has 0 bridgehead atoms. The Morgan fingerprint density at radius 3 is 2.12 bits per heavy atom. The van der Waals surface area contributed by atoms with Gasteiger partial charge in [-0.05, 0) is 49.0 Å². The van der Waals surface area contributed by atoms with E-state index in [0.717, 1.165) is 45.6 Å². The fraction of sp³-hybridized carbons (Fsp3) is 0.242. The summed E-state index contributed by atoms with van der Waals surface area (Å²) in [6.45, 7) is 5.65. The number of anilines is 1. The molecule has 0 aromatic heterocycles. The summed E-state index contributed by atoms with van der Waals surface area (Å²) >= 11 is 0. The van der Waals surface area contributed by atoms with Crippen LogP contribution in [0.1, 0.15) is 55.0 Å². The third-order valence-electron chi connectivity index (χ3n) is 7.85. The molecule has 1 N–H and O–H groups in total. The Morgan fingerprint density at radius 1 is 0.700 bits per heavy atom. The van der Waals surface area contributed by atoms with Crippen LogP contribution >= 0.6 is 12.4 Å². The van der Waals surface area contributed by atoms with Crippen molar-refractivity contribution < 1.29 is 14.4 Å². The Labute approximate surface area is 240 Å². The molecule has 6 nitrogen and oxygen atoms in total. The predicted molar refractivity (Wildman–Crippen MR) is 161 cm³/mol. The molecule has 204 valence electrons. The van der Waals surface area contributed by atoms with E-state index in [4.69, 9.17) is 0 Å². The van der Waals surface area contributed by atoms with E-state index in [1.165, 1.54) is 16.5 Å². The minimum atomic E-state index is -0.222. The van der Waals surface area contributed by atoms with Gasteiger partial charge in [-0.3, -0.25) is 19.3 Å². The van der Waals surface area contributed by atoms with Gasteiger partial charge < -0.3 is 10.2 Å². The van der Waals surface area contributed by atoms with Crippen molar-refractivity contribution in [2.24, 2.45) is 0 Å². The Kier molecular flexibility index (Phi) is 8.29. The van der Waals surface area contributed by atoms with Crippen molar-refractivity contribution in [3.8, 4) is 0 Å². The van der Waals surface area contributed by atoms with Crippen LogP contribution in [0.3, 0.4) is 0 Å². The summed E-state index contributed by atoms with van der Waals surface area (Å²) in [6, 6.07) is 26.7. The quantitative estimate of drug-likeness (QED) is 0.274. The van der Waals surface area contributed by atoms with Crippen LogP contribution in [0.15, 0.2) is 84.9 Å². The van der Waals surface area contributed by atoms with Crippen LogP contribution in [-0.2, 0) is 0 Å². The van der Waals surface area contributed by atoms with Crippen LogP contribution < -0.4 is 10.2 Å². The molecule has 0 atom stereocenters. The van der Waals surface area contributed by atoms with E-state index < -0.39 is 0 Å². The molecule has 0 radical (unpaired) electrons. The standard InChI is InChI=1S/C33H31N3O3.ClH/c37-31-26-11-3-4-12-27(26)32(38)29-22-24(14-15-28(29)31)33(39)34-16-5-6-17-35-18-20-36(21-19-35)30-13-7-9-23-8-1-2-10-25(23)30;/h1-4,7-15,22H,5-6,16-21H2,(H,34,39);1H. The van der Waals surface area contributed by atoms with E-state index in [1.54, 1.807) is 42.5 Å². The first-order valence-electron chi connectivity index (χ1n) is 13.7. The third-order valence-corrected chi connectivity index (χ3v) is 7.85. The number of carbonyl (C=O) groups is 3. The summed E-state index contributed by atoms with van der Waals surface area (Å²) < 4.78 is 0. The van der Waals surface area contributed by atoms with E-state index >= 15 is 0 Å². The second-order valence-electron chi connectivity index (χ2n) is 10.3. The molecule has 1 saturated heterocycles. The van der Waals surface area contributed by atoms with Crippen LogP contribution in [0, 0.1) is 0 Å². The van der Waals surface area contributed by atoms with Crippen molar-refractivity contribution in [1.82, 2.24) is 10.2 Å². The number of nitrogens with zero attached hydrogens (tertiary/aromatic N) is 2. The van der Waals surface area contributed by atoms with Gasteiger partial charge in [0, 0.05) is 71.6 Å². The topological polar surface area (TPSA) is 69.7 Å². The zero-order chi connectivity index (χ0) is 26.8. The number of benzene rings is 4. The van der Waals surface area contributed by atoms with Gasteiger partial charge >= 0.3 is 0 Å². The molecule has 1 heterocycles. The van der Waals surface area contributed by atoms with Crippen molar-refractivity contribution in [2.75, 3.05) is 44.2 Å². The van der Waals surface area contributed by atoms with Crippen LogP contribution in [0.2, 0.25) is 0 Å². The maximum Gasteiger partial charge on any atom is 0.251 e. The Morgan fingerprint density at radius 2 is 1.35 bits per heavy atom. The molecule has 4 aromatic carbocycles. The number of nitrogens with one attached hydrogen (secondary N) is 1. The molecule has 1 fully saturated rings. The number of fused-ring (bicyclic) bond motifs is 3. The van der Waals surface area contributed by atoms with Gasteiger partial charge in [0.2, 0.25) is 0 Å². The first-order valence-corrected chi connectivity index (χ1v) is 13.7. The highest BCUT2D eigenvalue weighted by molar-refractivity contribution is 6.28. The molecule has 0 spiro atoms. The normalized spacial score (nSPS) is 14.8. The molecule has 2 aliphatic rings. The van der Waals surface area contributed by atoms with E-state index in [0.29, 0.717) is 34.4 Å². The lowest BCUT2D eigenvalue weighted by Gasteiger charge is -2.36. The summed E-state index contributed by atoms with van der Waals surface area (Å²) in [5, 5.41) is 5.56. The van der Waals surface area contributed by atoms with Gasteiger partial charge in [-0.2, -0.15) is 0 Å². The van der Waals surface area contributed by atoms with Crippen LogP contribution in [-0.4, -0.2) is 61.6 Å². The number of rotatable bonds is 7. The maximum absolute atomic E-state index is 12.9. The van der Waals surface area contributed by atoms with E-state index in [1.807, 2.05) is 0 Å². The minimum absolute atomic E-state index is 0. The number of hydrogen-bond acceptors (Lipinski definition) is 5. The van der Waals surface area contributed by atoms with Crippen molar-refractivity contribution >= 4 is 46.3 Å². The van der Waals surface area contributed by atoms with E-state index in [2.05, 4.69) is 57.6 Å². The molecule has 7 heteroatoms. The number of unbranched alkanes of at least 4 members (excludes halogenated alkanes) is 1. The van der Waals surface area contributed by atoms with Crippen LogP contribution in [0.4, 0.5) is 5.69 Å². The summed E-state index contributed by atoms with van der Waals surface area (Å²) in [5.41, 5.74) is 3.18. The summed E-state index contributed by atoms with van der Waals surface area (Å²) in [7, 11) is 0. The average molecular weight is 554 g/mol. The highest BCUT2D eigenvalue weighted by Crippen LogP contribution is 2.29. The highest BCUT2D eigenvalue weighted by atomic mass is 35.5. The van der Waals surface area contributed by atoms with E-state index in [-0.39, 0.29) is 29.9 Å². The molecule has 4 aromatic rings. The fourth-order valence-corrected chi connectivity index (χ4v) is 5.70. The molecule has 1 aliphatic heterocycles. The second kappa shape index (κ2) is 12.0. The minimum Gasteiger partial charge on any atom is -0.368 e. The van der Waals surface area contributed by atoms with Crippen LogP contribution in [0.5, 0.6) is 0 Å². The number of amides is 1. The number of piperazine rings is 1. The lowest BCUT2D eigenvalue weighted by Crippen LogP contribution is -2.46. The molecular formula is C33H32ClN3O3. The number of hydrogen-bond donors (Lipinski definition) is 1. The van der Waals surface area contributed by atoms with Gasteiger partial charge in [0.1, 0.15) is 0 Å². The summed E-state index contributed by atoms with van der Waals surface area (Å²) in [4.78, 5) is 43.5. The lowest BCUT2D eigenvalue weighted by molar-refractivity contribution is 0.0950. The van der Waals surface area contributed by atoms with Crippen molar-refractivity contribution in [3.63, 3.8) is 0 Å². The first-order chi connectivity index (χ1) is 19.1. The predicted octanol–water partition coefficient (Wildman–Crippen LogP) is 5.37. The monoisotopic (exact) mass is 553 g/mol. The van der Waals surface area contributed by atoms with Gasteiger partial charge in [-0.1, -0.05) is 60.7 Å². The van der Waals surface area contributed by atoms with Gasteiger partial charge in [0.05, 0.1) is 0 Å². The Bertz CT molecular complexity index is 1570. The third kappa shape index (κ3) is 5.37. The zero-order valence-electron chi connectivity index (χ0n) is 22.3. The maximum atomic E-state index is 12.9. The molecule has 40 heavy (non-hydrogen) atoms. The number of carbonyl (C=O) groups excluding carboxylic acids is 3. The van der Waals surface area contributed by atoms with Gasteiger partial charge in [-0.15, -0.1) is 12.4 Å². The number of ketones is 2. The zero-order valence-corrected chi connectivity index (χ0v) is 23.1.